The Kier molecular flexibility index (Phi) is 5.33. The minimum atomic E-state index is -0.428. The van der Waals surface area contributed by atoms with Crippen LogP contribution in [0, 0.1) is 13.8 Å². The van der Waals surface area contributed by atoms with Gasteiger partial charge in [0.2, 0.25) is 0 Å². The molecule has 1 aliphatic heterocycles. The van der Waals surface area contributed by atoms with Crippen molar-refractivity contribution in [2.45, 2.75) is 39.5 Å². The van der Waals surface area contributed by atoms with E-state index >= 15 is 0 Å². The molecule has 0 amide bonds. The van der Waals surface area contributed by atoms with Crippen molar-refractivity contribution in [2.24, 2.45) is 0 Å². The molecule has 1 fully saturated rings. The van der Waals surface area contributed by atoms with Gasteiger partial charge in [0.15, 0.2) is 0 Å². The van der Waals surface area contributed by atoms with Crippen LogP contribution in [-0.2, 0) is 6.54 Å². The molecular weight excluding hydrogens is 302 g/mol. The first-order valence-electron chi connectivity index (χ1n) is 8.65. The van der Waals surface area contributed by atoms with Crippen molar-refractivity contribution in [3.8, 4) is 0 Å². The van der Waals surface area contributed by atoms with Gasteiger partial charge >= 0.3 is 0 Å². The smallest absolute Gasteiger partial charge is 0.138 e. The molecule has 24 heavy (non-hydrogen) atoms. The number of hydrogen-bond donors (Lipinski definition) is 1. The first-order valence-corrected chi connectivity index (χ1v) is 8.65. The van der Waals surface area contributed by atoms with Crippen LogP contribution >= 0.6 is 0 Å². The van der Waals surface area contributed by atoms with Gasteiger partial charge in [-0.05, 0) is 26.3 Å². The Balaban J connectivity index is 1.55. The Bertz CT molecular complexity index is 636. The predicted molar refractivity (Wildman–Crippen MR) is 93.7 cm³/mol. The molecule has 0 unspecified atom stereocenters. The molecular formula is C19H27N3O2. The lowest BCUT2D eigenvalue weighted by molar-refractivity contribution is 0.0360. The lowest BCUT2D eigenvalue weighted by Gasteiger charge is -2.40. The SMILES string of the molecule is Cc1noc(C)c1CN1CCN(C[C@H](O)c2ccccc2)[C@@H](C)C1. The van der Waals surface area contributed by atoms with Crippen molar-refractivity contribution < 1.29 is 9.63 Å². The summed E-state index contributed by atoms with van der Waals surface area (Å²) in [6.07, 6.45) is -0.428. The van der Waals surface area contributed by atoms with E-state index in [4.69, 9.17) is 4.52 Å². The summed E-state index contributed by atoms with van der Waals surface area (Å²) in [5.74, 6) is 0.919. The fourth-order valence-electron chi connectivity index (χ4n) is 3.44. The van der Waals surface area contributed by atoms with Crippen LogP contribution in [0.2, 0.25) is 0 Å². The summed E-state index contributed by atoms with van der Waals surface area (Å²) in [6, 6.07) is 10.3. The molecule has 2 aromatic rings. The fourth-order valence-corrected chi connectivity index (χ4v) is 3.44. The van der Waals surface area contributed by atoms with Gasteiger partial charge in [-0.15, -0.1) is 0 Å². The maximum Gasteiger partial charge on any atom is 0.138 e. The molecule has 3 rings (SSSR count). The number of aryl methyl sites for hydroxylation is 2. The lowest BCUT2D eigenvalue weighted by atomic mass is 10.1. The molecule has 0 aliphatic carbocycles. The molecule has 1 aromatic heterocycles. The Morgan fingerprint density at radius 3 is 2.62 bits per heavy atom. The highest BCUT2D eigenvalue weighted by atomic mass is 16.5. The molecule has 0 bridgehead atoms. The second-order valence-electron chi connectivity index (χ2n) is 6.81. The van der Waals surface area contributed by atoms with E-state index in [0.717, 1.165) is 43.2 Å². The Morgan fingerprint density at radius 1 is 1.25 bits per heavy atom. The van der Waals surface area contributed by atoms with Crippen LogP contribution in [0.5, 0.6) is 0 Å². The fraction of sp³-hybridized carbons (Fsp3) is 0.526. The van der Waals surface area contributed by atoms with E-state index in [-0.39, 0.29) is 0 Å². The largest absolute Gasteiger partial charge is 0.387 e. The van der Waals surface area contributed by atoms with Gasteiger partial charge in [0, 0.05) is 44.3 Å². The highest BCUT2D eigenvalue weighted by Gasteiger charge is 2.26. The molecule has 0 saturated carbocycles. The number of nitrogens with zero attached hydrogens (tertiary/aromatic N) is 3. The highest BCUT2D eigenvalue weighted by molar-refractivity contribution is 5.21. The van der Waals surface area contributed by atoms with Crippen LogP contribution in [0.15, 0.2) is 34.9 Å². The third-order valence-electron chi connectivity index (χ3n) is 5.00. The Labute approximate surface area is 143 Å². The minimum absolute atomic E-state index is 0.414. The first-order chi connectivity index (χ1) is 11.5. The second-order valence-corrected chi connectivity index (χ2v) is 6.81. The third kappa shape index (κ3) is 3.86. The Hall–Kier alpha value is -1.69. The molecule has 1 aliphatic rings. The summed E-state index contributed by atoms with van der Waals surface area (Å²) >= 11 is 0. The van der Waals surface area contributed by atoms with E-state index in [1.807, 2.05) is 44.2 Å². The number of aliphatic hydroxyl groups is 1. The van der Waals surface area contributed by atoms with E-state index in [1.54, 1.807) is 0 Å². The monoisotopic (exact) mass is 329 g/mol. The molecule has 1 saturated heterocycles. The average molecular weight is 329 g/mol. The zero-order valence-electron chi connectivity index (χ0n) is 14.8. The van der Waals surface area contributed by atoms with Crippen molar-refractivity contribution >= 4 is 0 Å². The minimum Gasteiger partial charge on any atom is -0.387 e. The normalized spacial score (nSPS) is 21.1. The third-order valence-corrected chi connectivity index (χ3v) is 5.00. The van der Waals surface area contributed by atoms with Crippen molar-refractivity contribution in [1.82, 2.24) is 15.0 Å². The van der Waals surface area contributed by atoms with E-state index in [2.05, 4.69) is 21.9 Å². The molecule has 130 valence electrons. The van der Waals surface area contributed by atoms with Crippen molar-refractivity contribution in [1.29, 1.82) is 0 Å². The molecule has 2 heterocycles. The second kappa shape index (κ2) is 7.47. The number of piperazine rings is 1. The maximum absolute atomic E-state index is 10.5. The molecule has 2 atom stereocenters. The lowest BCUT2D eigenvalue weighted by Crippen LogP contribution is -2.52. The van der Waals surface area contributed by atoms with Gasteiger partial charge in [0.05, 0.1) is 11.8 Å². The van der Waals surface area contributed by atoms with Crippen molar-refractivity contribution in [2.75, 3.05) is 26.2 Å². The number of hydrogen-bond acceptors (Lipinski definition) is 5. The van der Waals surface area contributed by atoms with Gasteiger partial charge in [0.25, 0.3) is 0 Å². The van der Waals surface area contributed by atoms with Gasteiger partial charge in [-0.2, -0.15) is 0 Å². The quantitative estimate of drug-likeness (QED) is 0.913. The zero-order chi connectivity index (χ0) is 17.1. The van der Waals surface area contributed by atoms with E-state index in [0.29, 0.717) is 12.6 Å². The highest BCUT2D eigenvalue weighted by Crippen LogP contribution is 2.20. The number of β-amino-alcohol motifs (C(OH)–C–C–N with tert-alkyl or cyclic N) is 1. The summed E-state index contributed by atoms with van der Waals surface area (Å²) in [4.78, 5) is 4.82. The van der Waals surface area contributed by atoms with Gasteiger partial charge in [-0.25, -0.2) is 0 Å². The molecule has 0 spiro atoms. The van der Waals surface area contributed by atoms with Gasteiger partial charge in [-0.3, -0.25) is 9.80 Å². The van der Waals surface area contributed by atoms with Crippen LogP contribution in [-0.4, -0.2) is 52.3 Å². The topological polar surface area (TPSA) is 52.7 Å². The summed E-state index contributed by atoms with van der Waals surface area (Å²) in [6.45, 7) is 10.7. The predicted octanol–water partition coefficient (Wildman–Crippen LogP) is 2.53. The van der Waals surface area contributed by atoms with Gasteiger partial charge in [0.1, 0.15) is 5.76 Å². The van der Waals surface area contributed by atoms with E-state index < -0.39 is 6.10 Å². The van der Waals surface area contributed by atoms with E-state index in [1.165, 1.54) is 5.56 Å². The van der Waals surface area contributed by atoms with E-state index in [9.17, 15) is 5.11 Å². The summed E-state index contributed by atoms with van der Waals surface area (Å²) in [7, 11) is 0. The van der Waals surface area contributed by atoms with Gasteiger partial charge in [-0.1, -0.05) is 35.5 Å². The number of aliphatic hydroxyl groups excluding tert-OH is 1. The molecule has 5 nitrogen and oxygen atoms in total. The number of rotatable bonds is 5. The maximum atomic E-state index is 10.5. The van der Waals surface area contributed by atoms with Crippen molar-refractivity contribution in [3.63, 3.8) is 0 Å². The summed E-state index contributed by atoms with van der Waals surface area (Å²) in [5.41, 5.74) is 3.19. The number of benzene rings is 1. The van der Waals surface area contributed by atoms with Crippen LogP contribution in [0.3, 0.4) is 0 Å². The molecule has 5 heteroatoms. The van der Waals surface area contributed by atoms with Crippen molar-refractivity contribution in [3.05, 3.63) is 52.9 Å². The summed E-state index contributed by atoms with van der Waals surface area (Å²) in [5, 5.41) is 14.5. The average Bonchev–Trinajstić information content (AvgIpc) is 2.90. The molecule has 1 N–H and O–H groups in total. The van der Waals surface area contributed by atoms with Crippen LogP contribution in [0.25, 0.3) is 0 Å². The zero-order valence-corrected chi connectivity index (χ0v) is 14.8. The molecule has 1 aromatic carbocycles. The standard InChI is InChI=1S/C19H27N3O2/c1-14-11-21(12-18-15(2)20-24-16(18)3)9-10-22(14)13-19(23)17-7-5-4-6-8-17/h4-8,14,19,23H,9-13H2,1-3H3/t14-,19-/m0/s1. The van der Waals surface area contributed by atoms with Crippen LogP contribution in [0.1, 0.15) is 35.6 Å². The summed E-state index contributed by atoms with van der Waals surface area (Å²) < 4.78 is 5.27. The molecule has 0 radical (unpaired) electrons. The van der Waals surface area contributed by atoms with Crippen LogP contribution in [0.4, 0.5) is 0 Å². The van der Waals surface area contributed by atoms with Gasteiger partial charge < -0.3 is 9.63 Å². The number of aromatic nitrogens is 1. The first kappa shape index (κ1) is 17.1. The Morgan fingerprint density at radius 2 is 2.00 bits per heavy atom. The van der Waals surface area contributed by atoms with Crippen LogP contribution < -0.4 is 0 Å².